The summed E-state index contributed by atoms with van der Waals surface area (Å²) in [5.41, 5.74) is 0. The average molecular weight is 1070 g/mol. The van der Waals surface area contributed by atoms with Crippen molar-refractivity contribution >= 4 is 5.78 Å². The molecule has 0 aromatic heterocycles. The van der Waals surface area contributed by atoms with Crippen LogP contribution in [0.15, 0.2) is 0 Å². The van der Waals surface area contributed by atoms with Gasteiger partial charge in [-0.25, -0.2) is 0 Å². The molecule has 0 heterocycles. The van der Waals surface area contributed by atoms with E-state index in [4.69, 9.17) is 0 Å². The van der Waals surface area contributed by atoms with Gasteiger partial charge < -0.3 is 0 Å². The zero-order valence-electron chi connectivity index (χ0n) is 54.1. The van der Waals surface area contributed by atoms with E-state index in [2.05, 4.69) is 27.7 Å². The lowest BCUT2D eigenvalue weighted by Gasteiger charge is -2.23. The maximum Gasteiger partial charge on any atom is 0.139 e. The molecule has 0 N–H and O–H groups in total. The molecule has 0 unspecified atom stereocenters. The van der Waals surface area contributed by atoms with Crippen LogP contribution in [-0.2, 0) is 4.79 Å². The molecule has 0 atom stereocenters. The molecule has 1 heteroatoms. The fraction of sp³-hybridized carbons (Fsp3) is 0.987. The standard InChI is InChI=1S/C75H150O/c1-5-9-13-17-21-25-29-33-37-41-45-49-53-57-61-65-69-73(70-66-62-58-54-50-46-42-38-34-30-26-22-18-14-10-6-2)75(76)74(71-67-63-59-55-51-47-43-39-35-31-27-23-19-15-11-7-3)72-68-64-60-56-52-48-44-40-36-32-28-24-20-16-12-8-4/h73-74H,5-72H2,1-4H3. The third-order valence-corrected chi connectivity index (χ3v) is 18.4. The molecular formula is C75H150O. The van der Waals surface area contributed by atoms with Crippen LogP contribution in [0.25, 0.3) is 0 Å². The molecule has 76 heavy (non-hydrogen) atoms. The Balaban J connectivity index is 5.00. The second kappa shape index (κ2) is 68.9. The highest BCUT2D eigenvalue weighted by Gasteiger charge is 2.26. The van der Waals surface area contributed by atoms with Gasteiger partial charge in [0.15, 0.2) is 0 Å². The maximum atomic E-state index is 14.8. The largest absolute Gasteiger partial charge is 0.299 e. The number of unbranched alkanes of at least 4 members (excludes halogenated alkanes) is 60. The van der Waals surface area contributed by atoms with Gasteiger partial charge in [-0.1, -0.05) is 439 Å². The predicted octanol–water partition coefficient (Wildman–Crippen LogP) is 28.4. The summed E-state index contributed by atoms with van der Waals surface area (Å²) in [6.45, 7) is 9.28. The number of carbonyl (C=O) groups excluding carboxylic acids is 1. The number of rotatable bonds is 70. The van der Waals surface area contributed by atoms with Crippen LogP contribution in [0.5, 0.6) is 0 Å². The van der Waals surface area contributed by atoms with Gasteiger partial charge >= 0.3 is 0 Å². The van der Waals surface area contributed by atoms with Crippen LogP contribution in [0.1, 0.15) is 464 Å². The van der Waals surface area contributed by atoms with Crippen LogP contribution < -0.4 is 0 Å². The molecule has 0 aliphatic heterocycles. The first-order chi connectivity index (χ1) is 37.7. The van der Waals surface area contributed by atoms with Crippen LogP contribution in [0, 0.1) is 11.8 Å². The van der Waals surface area contributed by atoms with Crippen molar-refractivity contribution in [1.29, 1.82) is 0 Å². The molecule has 0 radical (unpaired) electrons. The van der Waals surface area contributed by atoms with Crippen molar-refractivity contribution in [1.82, 2.24) is 0 Å². The van der Waals surface area contributed by atoms with E-state index in [1.54, 1.807) is 0 Å². The van der Waals surface area contributed by atoms with Gasteiger partial charge in [0.25, 0.3) is 0 Å². The number of hydrogen-bond acceptors (Lipinski definition) is 1. The molecule has 0 aliphatic carbocycles. The Kier molecular flexibility index (Phi) is 68.6. The summed E-state index contributed by atoms with van der Waals surface area (Å²) in [6.07, 6.45) is 95.8. The van der Waals surface area contributed by atoms with Gasteiger partial charge in [0.1, 0.15) is 5.78 Å². The fourth-order valence-corrected chi connectivity index (χ4v) is 12.9. The second-order valence-corrected chi connectivity index (χ2v) is 26.2. The highest BCUT2D eigenvalue weighted by molar-refractivity contribution is 5.83. The first-order valence-corrected chi connectivity index (χ1v) is 37.2. The smallest absolute Gasteiger partial charge is 0.139 e. The Morgan fingerprint density at radius 2 is 0.250 bits per heavy atom. The molecule has 1 nitrogen and oxygen atoms in total. The molecule has 0 spiro atoms. The quantitative estimate of drug-likeness (QED) is 0.0555. The first kappa shape index (κ1) is 75.7. The minimum Gasteiger partial charge on any atom is -0.299 e. The Morgan fingerprint density at radius 1 is 0.158 bits per heavy atom. The van der Waals surface area contributed by atoms with Gasteiger partial charge in [-0.3, -0.25) is 4.79 Å². The predicted molar refractivity (Wildman–Crippen MR) is 349 cm³/mol. The molecule has 0 aromatic carbocycles. The Hall–Kier alpha value is -0.330. The van der Waals surface area contributed by atoms with Crippen molar-refractivity contribution in [2.24, 2.45) is 11.8 Å². The van der Waals surface area contributed by atoms with E-state index in [1.807, 2.05) is 0 Å². The highest BCUT2D eigenvalue weighted by atomic mass is 16.1. The minimum absolute atomic E-state index is 0.338. The summed E-state index contributed by atoms with van der Waals surface area (Å²) in [4.78, 5) is 14.8. The fourth-order valence-electron chi connectivity index (χ4n) is 12.9. The summed E-state index contributed by atoms with van der Waals surface area (Å²) in [6, 6.07) is 0. The van der Waals surface area contributed by atoms with E-state index in [0.29, 0.717) is 11.8 Å². The zero-order valence-corrected chi connectivity index (χ0v) is 54.1. The third-order valence-electron chi connectivity index (χ3n) is 18.4. The summed E-state index contributed by atoms with van der Waals surface area (Å²) in [5, 5.41) is 0. The van der Waals surface area contributed by atoms with Crippen LogP contribution in [-0.4, -0.2) is 5.78 Å². The minimum atomic E-state index is 0.338. The molecule has 0 fully saturated rings. The van der Waals surface area contributed by atoms with E-state index in [0.717, 1.165) is 5.78 Å². The molecule has 456 valence electrons. The van der Waals surface area contributed by atoms with E-state index in [1.165, 1.54) is 437 Å². The van der Waals surface area contributed by atoms with E-state index in [-0.39, 0.29) is 0 Å². The number of Topliss-reactive ketones (excluding diaryl/α,β-unsaturated/α-hetero) is 1. The number of carbonyl (C=O) groups is 1. The van der Waals surface area contributed by atoms with E-state index >= 15 is 0 Å². The van der Waals surface area contributed by atoms with Crippen molar-refractivity contribution in [3.05, 3.63) is 0 Å². The Bertz CT molecular complexity index is 865. The SMILES string of the molecule is CCCCCCCCCCCCCCCCCCC(CCCCCCCCCCCCCCCCCC)C(=O)C(CCCCCCCCCCCCCCCCCC)CCCCCCCCCCCCCCCCCC. The van der Waals surface area contributed by atoms with Gasteiger partial charge in [0.2, 0.25) is 0 Å². The Morgan fingerprint density at radius 3 is 0.355 bits per heavy atom. The van der Waals surface area contributed by atoms with Gasteiger partial charge in [-0.05, 0) is 25.7 Å². The normalized spacial score (nSPS) is 11.9. The van der Waals surface area contributed by atoms with Crippen LogP contribution in [0.3, 0.4) is 0 Å². The molecule has 0 bridgehead atoms. The van der Waals surface area contributed by atoms with Crippen LogP contribution >= 0.6 is 0 Å². The lowest BCUT2D eigenvalue weighted by Crippen LogP contribution is -2.24. The molecular weight excluding hydrogens is 917 g/mol. The molecule has 0 rings (SSSR count). The topological polar surface area (TPSA) is 17.1 Å². The molecule has 0 amide bonds. The van der Waals surface area contributed by atoms with Gasteiger partial charge in [-0.15, -0.1) is 0 Å². The zero-order chi connectivity index (χ0) is 54.8. The summed E-state index contributed by atoms with van der Waals surface area (Å²) in [7, 11) is 0. The van der Waals surface area contributed by atoms with Crippen molar-refractivity contribution in [3.8, 4) is 0 Å². The van der Waals surface area contributed by atoms with Crippen molar-refractivity contribution in [2.45, 2.75) is 464 Å². The van der Waals surface area contributed by atoms with E-state index < -0.39 is 0 Å². The maximum absolute atomic E-state index is 14.8. The third kappa shape index (κ3) is 61.3. The monoisotopic (exact) mass is 1070 g/mol. The summed E-state index contributed by atoms with van der Waals surface area (Å²) in [5.74, 6) is 1.40. The molecule has 0 saturated heterocycles. The van der Waals surface area contributed by atoms with Gasteiger partial charge in [0, 0.05) is 11.8 Å². The van der Waals surface area contributed by atoms with Crippen molar-refractivity contribution in [3.63, 3.8) is 0 Å². The molecule has 0 saturated carbocycles. The van der Waals surface area contributed by atoms with Gasteiger partial charge in [0.05, 0.1) is 0 Å². The molecule has 0 aliphatic rings. The number of ketones is 1. The average Bonchev–Trinajstić information content (AvgIpc) is 3.43. The van der Waals surface area contributed by atoms with Crippen LogP contribution in [0.4, 0.5) is 0 Å². The first-order valence-electron chi connectivity index (χ1n) is 37.2. The lowest BCUT2D eigenvalue weighted by atomic mass is 9.80. The lowest BCUT2D eigenvalue weighted by molar-refractivity contribution is -0.128. The van der Waals surface area contributed by atoms with Crippen molar-refractivity contribution < 1.29 is 4.79 Å². The summed E-state index contributed by atoms with van der Waals surface area (Å²) < 4.78 is 0. The summed E-state index contributed by atoms with van der Waals surface area (Å²) >= 11 is 0. The van der Waals surface area contributed by atoms with E-state index in [9.17, 15) is 4.79 Å². The molecule has 0 aromatic rings. The van der Waals surface area contributed by atoms with Gasteiger partial charge in [-0.2, -0.15) is 0 Å². The Labute approximate surface area is 484 Å². The highest BCUT2D eigenvalue weighted by Crippen LogP contribution is 2.30. The van der Waals surface area contributed by atoms with Crippen molar-refractivity contribution in [2.75, 3.05) is 0 Å². The number of hydrogen-bond donors (Lipinski definition) is 0. The van der Waals surface area contributed by atoms with Crippen LogP contribution in [0.2, 0.25) is 0 Å². The second-order valence-electron chi connectivity index (χ2n) is 26.2.